The van der Waals surface area contributed by atoms with Crippen LogP contribution in [-0.4, -0.2) is 28.2 Å². The number of benzene rings is 1. The molecule has 136 valence electrons. The van der Waals surface area contributed by atoms with E-state index in [9.17, 15) is 9.59 Å². The van der Waals surface area contributed by atoms with E-state index in [-0.39, 0.29) is 11.5 Å². The first-order valence-corrected chi connectivity index (χ1v) is 10.4. The first kappa shape index (κ1) is 18.7. The summed E-state index contributed by atoms with van der Waals surface area (Å²) >= 11 is 2.96. The summed E-state index contributed by atoms with van der Waals surface area (Å²) in [6.07, 6.45) is 0. The Balaban J connectivity index is 1.69. The van der Waals surface area contributed by atoms with Crippen molar-refractivity contribution < 1.29 is 4.79 Å². The number of thioether (sulfide) groups is 1. The molecule has 1 amide bonds. The van der Waals surface area contributed by atoms with Gasteiger partial charge in [0.05, 0.1) is 16.9 Å². The molecule has 26 heavy (non-hydrogen) atoms. The normalized spacial score (nSPS) is 11.2. The number of fused-ring (bicyclic) bond motifs is 1. The Kier molecular flexibility index (Phi) is 6.11. The van der Waals surface area contributed by atoms with E-state index in [0.29, 0.717) is 35.2 Å². The fourth-order valence-corrected chi connectivity index (χ4v) is 4.17. The third kappa shape index (κ3) is 4.74. The van der Waals surface area contributed by atoms with Crippen molar-refractivity contribution in [3.8, 4) is 10.4 Å². The molecule has 0 fully saturated rings. The zero-order chi connectivity index (χ0) is 18.5. The minimum atomic E-state index is -0.131. The van der Waals surface area contributed by atoms with Gasteiger partial charge in [0.15, 0.2) is 0 Å². The summed E-state index contributed by atoms with van der Waals surface area (Å²) in [6.45, 7) is 4.79. The van der Waals surface area contributed by atoms with Gasteiger partial charge in [-0.1, -0.05) is 44.2 Å². The highest BCUT2D eigenvalue weighted by atomic mass is 32.2. The van der Waals surface area contributed by atoms with E-state index in [1.807, 2.05) is 36.4 Å². The van der Waals surface area contributed by atoms with Crippen molar-refractivity contribution in [3.05, 3.63) is 52.6 Å². The van der Waals surface area contributed by atoms with Crippen LogP contribution in [0.5, 0.6) is 0 Å². The number of amides is 1. The van der Waals surface area contributed by atoms with Gasteiger partial charge in [-0.15, -0.1) is 23.1 Å². The molecule has 0 aliphatic carbocycles. The lowest BCUT2D eigenvalue weighted by atomic mass is 10.2. The molecule has 7 heteroatoms. The highest BCUT2D eigenvalue weighted by Gasteiger charge is 2.11. The van der Waals surface area contributed by atoms with Crippen LogP contribution in [0, 0.1) is 5.92 Å². The van der Waals surface area contributed by atoms with Gasteiger partial charge in [-0.05, 0) is 17.5 Å². The maximum absolute atomic E-state index is 12.3. The summed E-state index contributed by atoms with van der Waals surface area (Å²) < 4.78 is 0. The highest BCUT2D eigenvalue weighted by molar-refractivity contribution is 7.99. The summed E-state index contributed by atoms with van der Waals surface area (Å²) in [4.78, 5) is 33.2. The molecule has 0 radical (unpaired) electrons. The molecule has 5 nitrogen and oxygen atoms in total. The van der Waals surface area contributed by atoms with Gasteiger partial charge < -0.3 is 10.3 Å². The average molecular weight is 388 g/mol. The lowest BCUT2D eigenvalue weighted by Gasteiger charge is -2.07. The molecule has 2 heterocycles. The van der Waals surface area contributed by atoms with E-state index in [2.05, 4.69) is 29.1 Å². The molecule has 0 saturated heterocycles. The molecule has 3 aromatic rings. The van der Waals surface area contributed by atoms with E-state index in [1.54, 1.807) is 0 Å². The van der Waals surface area contributed by atoms with Gasteiger partial charge in [0.25, 0.3) is 5.56 Å². The lowest BCUT2D eigenvalue weighted by molar-refractivity contribution is -0.118. The fraction of sp³-hybridized carbons (Fsp3) is 0.316. The van der Waals surface area contributed by atoms with Crippen molar-refractivity contribution in [2.24, 2.45) is 5.92 Å². The topological polar surface area (TPSA) is 74.8 Å². The van der Waals surface area contributed by atoms with Gasteiger partial charge in [-0.2, -0.15) is 0 Å². The molecule has 2 aromatic heterocycles. The van der Waals surface area contributed by atoms with Crippen molar-refractivity contribution in [2.75, 3.05) is 12.3 Å². The molecule has 0 atom stereocenters. The largest absolute Gasteiger partial charge is 0.355 e. The van der Waals surface area contributed by atoms with Gasteiger partial charge in [0, 0.05) is 11.4 Å². The molecule has 1 aromatic carbocycles. The Bertz CT molecular complexity index is 948. The first-order valence-electron chi connectivity index (χ1n) is 8.45. The van der Waals surface area contributed by atoms with Crippen molar-refractivity contribution in [1.82, 2.24) is 15.3 Å². The summed E-state index contributed by atoms with van der Waals surface area (Å²) in [5.74, 6) is 1.90. The average Bonchev–Trinajstić information content (AvgIpc) is 3.05. The minimum Gasteiger partial charge on any atom is -0.355 e. The SMILES string of the molecule is CC(C)CNC(=O)CSCc1nc2sc(-c3ccccc3)cc2c(=O)[nH]1. The van der Waals surface area contributed by atoms with Crippen LogP contribution in [0.25, 0.3) is 20.7 Å². The number of carbonyl (C=O) groups excluding carboxylic acids is 1. The van der Waals surface area contributed by atoms with E-state index in [0.717, 1.165) is 15.3 Å². The third-order valence-corrected chi connectivity index (χ3v) is 5.71. The number of hydrogen-bond acceptors (Lipinski definition) is 5. The number of carbonyl (C=O) groups is 1. The van der Waals surface area contributed by atoms with Gasteiger partial charge in [0.1, 0.15) is 10.7 Å². The van der Waals surface area contributed by atoms with E-state index < -0.39 is 0 Å². The smallest absolute Gasteiger partial charge is 0.259 e. The monoisotopic (exact) mass is 387 g/mol. The second-order valence-electron chi connectivity index (χ2n) is 6.40. The van der Waals surface area contributed by atoms with Gasteiger partial charge in [0.2, 0.25) is 5.91 Å². The first-order chi connectivity index (χ1) is 12.5. The summed E-state index contributed by atoms with van der Waals surface area (Å²) in [5, 5.41) is 3.49. The number of hydrogen-bond donors (Lipinski definition) is 2. The number of thiophene rings is 1. The Morgan fingerprint density at radius 1 is 1.31 bits per heavy atom. The summed E-state index contributed by atoms with van der Waals surface area (Å²) in [5.41, 5.74) is 0.945. The second kappa shape index (κ2) is 8.51. The predicted octanol–water partition coefficient (Wildman–Crippen LogP) is 3.66. The van der Waals surface area contributed by atoms with Crippen molar-refractivity contribution >= 4 is 39.2 Å². The molecule has 0 aliphatic heterocycles. The predicted molar refractivity (Wildman–Crippen MR) is 110 cm³/mol. The van der Waals surface area contributed by atoms with Crippen LogP contribution in [0.1, 0.15) is 19.7 Å². The van der Waals surface area contributed by atoms with Gasteiger partial charge >= 0.3 is 0 Å². The van der Waals surface area contributed by atoms with Crippen molar-refractivity contribution in [3.63, 3.8) is 0 Å². The Hall–Kier alpha value is -2.12. The molecule has 0 saturated carbocycles. The Morgan fingerprint density at radius 2 is 2.08 bits per heavy atom. The zero-order valence-electron chi connectivity index (χ0n) is 14.7. The van der Waals surface area contributed by atoms with Crippen LogP contribution in [-0.2, 0) is 10.5 Å². The molecule has 0 spiro atoms. The van der Waals surface area contributed by atoms with E-state index >= 15 is 0 Å². The van der Waals surface area contributed by atoms with E-state index in [1.165, 1.54) is 23.1 Å². The maximum Gasteiger partial charge on any atom is 0.259 e. The van der Waals surface area contributed by atoms with Crippen molar-refractivity contribution in [2.45, 2.75) is 19.6 Å². The van der Waals surface area contributed by atoms with Crippen LogP contribution in [0.15, 0.2) is 41.2 Å². The highest BCUT2D eigenvalue weighted by Crippen LogP contribution is 2.30. The summed E-state index contributed by atoms with van der Waals surface area (Å²) in [6, 6.07) is 11.8. The minimum absolute atomic E-state index is 0.00890. The number of aromatic nitrogens is 2. The second-order valence-corrected chi connectivity index (χ2v) is 8.42. The molecule has 3 rings (SSSR count). The Morgan fingerprint density at radius 3 is 2.81 bits per heavy atom. The van der Waals surface area contributed by atoms with Crippen LogP contribution in [0.4, 0.5) is 0 Å². The zero-order valence-corrected chi connectivity index (χ0v) is 16.4. The number of aromatic amines is 1. The maximum atomic E-state index is 12.3. The van der Waals surface area contributed by atoms with Crippen LogP contribution < -0.4 is 10.9 Å². The van der Waals surface area contributed by atoms with Gasteiger partial charge in [-0.3, -0.25) is 9.59 Å². The van der Waals surface area contributed by atoms with Crippen LogP contribution >= 0.6 is 23.1 Å². The third-order valence-electron chi connectivity index (χ3n) is 3.69. The van der Waals surface area contributed by atoms with Crippen LogP contribution in [0.2, 0.25) is 0 Å². The molecule has 2 N–H and O–H groups in total. The molecule has 0 bridgehead atoms. The van der Waals surface area contributed by atoms with Crippen LogP contribution in [0.3, 0.4) is 0 Å². The molecular formula is C19H21N3O2S2. The number of rotatable bonds is 7. The standard InChI is InChI=1S/C19H21N3O2S2/c1-12(2)9-20-17(23)11-25-10-16-21-18(24)14-8-15(26-19(14)22-16)13-6-4-3-5-7-13/h3-8,12H,9-11H2,1-2H3,(H,20,23)(H,21,22,24). The number of nitrogens with one attached hydrogen (secondary N) is 2. The summed E-state index contributed by atoms with van der Waals surface area (Å²) in [7, 11) is 0. The number of nitrogens with zero attached hydrogens (tertiary/aromatic N) is 1. The number of H-pyrrole nitrogens is 1. The molecular weight excluding hydrogens is 366 g/mol. The Labute approximate surface area is 160 Å². The van der Waals surface area contributed by atoms with E-state index in [4.69, 9.17) is 0 Å². The molecule has 0 unspecified atom stereocenters. The fourth-order valence-electron chi connectivity index (χ4n) is 2.40. The lowest BCUT2D eigenvalue weighted by Crippen LogP contribution is -2.28. The quantitative estimate of drug-likeness (QED) is 0.649. The van der Waals surface area contributed by atoms with Crippen molar-refractivity contribution in [1.29, 1.82) is 0 Å². The van der Waals surface area contributed by atoms with Gasteiger partial charge in [-0.25, -0.2) is 4.98 Å². The molecule has 0 aliphatic rings.